The minimum Gasteiger partial charge on any atom is -0.395 e. The number of aliphatic hydroxyl groups is 1. The highest BCUT2D eigenvalue weighted by Crippen LogP contribution is 2.32. The normalized spacial score (nSPS) is 22.0. The number of ether oxygens (including phenoxy) is 1. The average Bonchev–Trinajstić information content (AvgIpc) is 2.89. The molecule has 9 heteroatoms. The number of aromatic nitrogens is 2. The van der Waals surface area contributed by atoms with Gasteiger partial charge in [0.05, 0.1) is 28.8 Å². The number of pyridine rings is 2. The van der Waals surface area contributed by atoms with Crippen LogP contribution in [-0.4, -0.2) is 60.1 Å². The maximum absolute atomic E-state index is 9.70. The van der Waals surface area contributed by atoms with Gasteiger partial charge in [-0.05, 0) is 56.7 Å². The second-order valence-electron chi connectivity index (χ2n) is 9.19. The molecule has 2 aliphatic rings. The molecule has 0 aromatic carbocycles. The number of rotatable bonds is 9. The number of hydrogen-bond acceptors (Lipinski definition) is 8. The largest absolute Gasteiger partial charge is 0.395 e. The zero-order valence-electron chi connectivity index (χ0n) is 19.4. The molecule has 34 heavy (non-hydrogen) atoms. The molecule has 182 valence electrons. The Labute approximate surface area is 206 Å². The number of nitrogens with zero attached hydrogens (tertiary/aromatic N) is 3. The molecule has 8 nitrogen and oxygen atoms in total. The summed E-state index contributed by atoms with van der Waals surface area (Å²) < 4.78 is 5.42. The Hall–Kier alpha value is -2.44. The summed E-state index contributed by atoms with van der Waals surface area (Å²) in [6.45, 7) is 2.60. The minimum atomic E-state index is -0.423. The Morgan fingerprint density at radius 3 is 2.65 bits per heavy atom. The van der Waals surface area contributed by atoms with E-state index >= 15 is 0 Å². The molecule has 0 bridgehead atoms. The number of hydrogen-bond donors (Lipinski definition) is 4. The van der Waals surface area contributed by atoms with Crippen LogP contribution >= 0.6 is 11.6 Å². The molecule has 1 aliphatic heterocycles. The van der Waals surface area contributed by atoms with E-state index in [-0.39, 0.29) is 6.61 Å². The van der Waals surface area contributed by atoms with Gasteiger partial charge in [-0.2, -0.15) is 5.26 Å². The average molecular weight is 485 g/mol. The van der Waals surface area contributed by atoms with Gasteiger partial charge in [-0.1, -0.05) is 17.7 Å². The van der Waals surface area contributed by atoms with Crippen molar-refractivity contribution in [1.82, 2.24) is 15.3 Å². The maximum atomic E-state index is 9.70. The lowest BCUT2D eigenvalue weighted by Crippen LogP contribution is -2.38. The van der Waals surface area contributed by atoms with Crippen LogP contribution in [0.25, 0.3) is 11.3 Å². The van der Waals surface area contributed by atoms with Crippen molar-refractivity contribution < 1.29 is 9.84 Å². The molecule has 0 amide bonds. The predicted octanol–water partition coefficient (Wildman–Crippen LogP) is 3.83. The summed E-state index contributed by atoms with van der Waals surface area (Å²) in [5, 5.41) is 29.5. The van der Waals surface area contributed by atoms with Gasteiger partial charge in [-0.25, -0.2) is 9.97 Å². The summed E-state index contributed by atoms with van der Waals surface area (Å²) >= 11 is 6.50. The van der Waals surface area contributed by atoms with E-state index in [2.05, 4.69) is 27.0 Å². The summed E-state index contributed by atoms with van der Waals surface area (Å²) in [6.07, 6.45) is 7.36. The molecule has 2 aromatic heterocycles. The van der Waals surface area contributed by atoms with Crippen molar-refractivity contribution in [2.24, 2.45) is 5.41 Å². The summed E-state index contributed by atoms with van der Waals surface area (Å²) in [6, 6.07) is 11.1. The Bertz CT molecular complexity index is 984. The highest BCUT2D eigenvalue weighted by atomic mass is 35.5. The second-order valence-corrected chi connectivity index (χ2v) is 9.59. The van der Waals surface area contributed by atoms with Gasteiger partial charge in [-0.15, -0.1) is 0 Å². The van der Waals surface area contributed by atoms with Gasteiger partial charge >= 0.3 is 0 Å². The van der Waals surface area contributed by atoms with E-state index < -0.39 is 5.41 Å². The summed E-state index contributed by atoms with van der Waals surface area (Å²) in [4.78, 5) is 9.24. The standard InChI is InChI=1S/C25H33ClN6O2/c26-21-15-29-24(31-19-6-4-18(5-7-19)28-10-11-33)14-20(21)22-2-1-3-23(32-22)30-17-25(16-27)8-12-34-13-9-25/h1-3,14-15,18-19,28,33H,4-13,17H2,(H,29,31)(H,30,32)/t18-,19-. The molecule has 4 rings (SSSR count). The van der Waals surface area contributed by atoms with Gasteiger partial charge in [-0.3, -0.25) is 0 Å². The fourth-order valence-electron chi connectivity index (χ4n) is 4.67. The van der Waals surface area contributed by atoms with Crippen LogP contribution in [0.4, 0.5) is 11.6 Å². The SMILES string of the molecule is N#CC1(CNc2cccc(-c3cc(N[C@H]4CC[C@H](NCCO)CC4)ncc3Cl)n2)CCOCC1. The first-order valence-corrected chi connectivity index (χ1v) is 12.5. The van der Waals surface area contributed by atoms with Crippen LogP contribution < -0.4 is 16.0 Å². The van der Waals surface area contributed by atoms with Crippen molar-refractivity contribution in [3.63, 3.8) is 0 Å². The summed E-state index contributed by atoms with van der Waals surface area (Å²) in [7, 11) is 0. The van der Waals surface area contributed by atoms with Crippen LogP contribution in [0.1, 0.15) is 38.5 Å². The van der Waals surface area contributed by atoms with Crippen molar-refractivity contribution in [2.75, 3.05) is 43.5 Å². The first kappa shape index (κ1) is 24.7. The molecular weight excluding hydrogens is 452 g/mol. The third-order valence-corrected chi connectivity index (χ3v) is 7.10. The highest BCUT2D eigenvalue weighted by molar-refractivity contribution is 6.33. The zero-order chi connectivity index (χ0) is 23.8. The van der Waals surface area contributed by atoms with Crippen molar-refractivity contribution >= 4 is 23.2 Å². The monoisotopic (exact) mass is 484 g/mol. The predicted molar refractivity (Wildman–Crippen MR) is 134 cm³/mol. The maximum Gasteiger partial charge on any atom is 0.126 e. The molecule has 0 unspecified atom stereocenters. The van der Waals surface area contributed by atoms with Gasteiger partial charge in [0, 0.05) is 50.1 Å². The fraction of sp³-hybridized carbons (Fsp3) is 0.560. The van der Waals surface area contributed by atoms with Crippen LogP contribution in [0.2, 0.25) is 5.02 Å². The molecular formula is C25H33ClN6O2. The molecule has 2 aromatic rings. The third kappa shape index (κ3) is 6.36. The van der Waals surface area contributed by atoms with E-state index in [0.29, 0.717) is 43.4 Å². The number of anilines is 2. The minimum absolute atomic E-state index is 0.175. The van der Waals surface area contributed by atoms with Gasteiger partial charge in [0.1, 0.15) is 11.6 Å². The Morgan fingerprint density at radius 2 is 1.91 bits per heavy atom. The first-order chi connectivity index (χ1) is 16.6. The first-order valence-electron chi connectivity index (χ1n) is 12.1. The lowest BCUT2D eigenvalue weighted by molar-refractivity contribution is 0.0455. The van der Waals surface area contributed by atoms with Gasteiger partial charge < -0.3 is 25.8 Å². The van der Waals surface area contributed by atoms with Crippen molar-refractivity contribution in [1.29, 1.82) is 5.26 Å². The van der Waals surface area contributed by atoms with E-state index in [1.807, 2.05) is 24.3 Å². The van der Waals surface area contributed by atoms with Crippen molar-refractivity contribution in [3.05, 3.63) is 35.5 Å². The summed E-state index contributed by atoms with van der Waals surface area (Å²) in [5.74, 6) is 1.51. The molecule has 1 saturated heterocycles. The fourth-order valence-corrected chi connectivity index (χ4v) is 4.87. The van der Waals surface area contributed by atoms with Crippen LogP contribution in [0.5, 0.6) is 0 Å². The molecule has 0 radical (unpaired) electrons. The highest BCUT2D eigenvalue weighted by Gasteiger charge is 2.32. The Morgan fingerprint density at radius 1 is 1.15 bits per heavy atom. The van der Waals surface area contributed by atoms with Crippen LogP contribution in [-0.2, 0) is 4.74 Å². The van der Waals surface area contributed by atoms with Crippen molar-refractivity contribution in [2.45, 2.75) is 50.6 Å². The van der Waals surface area contributed by atoms with E-state index in [1.165, 1.54) is 0 Å². The molecule has 2 fully saturated rings. The van der Waals surface area contributed by atoms with E-state index in [1.54, 1.807) is 6.20 Å². The van der Waals surface area contributed by atoms with Gasteiger partial charge in [0.15, 0.2) is 0 Å². The Balaban J connectivity index is 1.40. The lowest BCUT2D eigenvalue weighted by atomic mass is 9.82. The van der Waals surface area contributed by atoms with E-state index in [4.69, 9.17) is 26.4 Å². The van der Waals surface area contributed by atoms with Crippen LogP contribution in [0, 0.1) is 16.7 Å². The van der Waals surface area contributed by atoms with Crippen molar-refractivity contribution in [3.8, 4) is 17.3 Å². The molecule has 3 heterocycles. The topological polar surface area (TPSA) is 115 Å². The number of aliphatic hydroxyl groups excluding tert-OH is 1. The van der Waals surface area contributed by atoms with Crippen LogP contribution in [0.15, 0.2) is 30.5 Å². The summed E-state index contributed by atoms with van der Waals surface area (Å²) in [5.41, 5.74) is 1.16. The zero-order valence-corrected chi connectivity index (χ0v) is 20.2. The number of halogens is 1. The van der Waals surface area contributed by atoms with E-state index in [9.17, 15) is 5.26 Å². The Kier molecular flexibility index (Phi) is 8.57. The second kappa shape index (κ2) is 11.8. The molecule has 1 aliphatic carbocycles. The smallest absolute Gasteiger partial charge is 0.126 e. The van der Waals surface area contributed by atoms with Gasteiger partial charge in [0.2, 0.25) is 0 Å². The molecule has 0 atom stereocenters. The molecule has 4 N–H and O–H groups in total. The van der Waals surface area contributed by atoms with E-state index in [0.717, 1.165) is 61.4 Å². The molecule has 0 spiro atoms. The molecule has 1 saturated carbocycles. The lowest BCUT2D eigenvalue weighted by Gasteiger charge is -2.30. The van der Waals surface area contributed by atoms with Crippen LogP contribution in [0.3, 0.4) is 0 Å². The van der Waals surface area contributed by atoms with Gasteiger partial charge in [0.25, 0.3) is 0 Å². The third-order valence-electron chi connectivity index (χ3n) is 6.80. The number of nitriles is 1. The number of nitrogens with one attached hydrogen (secondary N) is 3. The quantitative estimate of drug-likeness (QED) is 0.424.